The number of carbonyl (C=O) groups excluding carboxylic acids is 1. The zero-order chi connectivity index (χ0) is 18.3. The Labute approximate surface area is 148 Å². The predicted octanol–water partition coefficient (Wildman–Crippen LogP) is 1.23. The molecule has 0 spiro atoms. The maximum Gasteiger partial charge on any atom is 0.226 e. The summed E-state index contributed by atoms with van der Waals surface area (Å²) in [5.74, 6) is 0.994. The van der Waals surface area contributed by atoms with Crippen molar-refractivity contribution in [2.24, 2.45) is 28.6 Å². The molecule has 1 saturated carbocycles. The summed E-state index contributed by atoms with van der Waals surface area (Å²) in [7, 11) is 6.30. The van der Waals surface area contributed by atoms with Crippen molar-refractivity contribution in [3.05, 3.63) is 0 Å². The van der Waals surface area contributed by atoms with Crippen molar-refractivity contribution >= 4 is 5.91 Å². The Kier molecular flexibility index (Phi) is 5.68. The van der Waals surface area contributed by atoms with Gasteiger partial charge in [0.05, 0.1) is 0 Å². The normalized spacial score (nSPS) is 28.8. The van der Waals surface area contributed by atoms with E-state index < -0.39 is 0 Å². The summed E-state index contributed by atoms with van der Waals surface area (Å²) < 4.78 is 0. The van der Waals surface area contributed by atoms with Crippen LogP contribution in [0, 0.1) is 28.6 Å². The van der Waals surface area contributed by atoms with Crippen LogP contribution < -0.4 is 0 Å². The lowest BCUT2D eigenvalue weighted by atomic mass is 9.96. The maximum absolute atomic E-state index is 13.0. The van der Waals surface area contributed by atoms with Gasteiger partial charge in [-0.3, -0.25) is 4.79 Å². The molecule has 1 N–H and O–H groups in total. The number of likely N-dealkylation sites (N-methyl/N-ethyl adjacent to an activating group) is 2. The number of aliphatic hydroxyl groups is 1. The molecule has 2 atom stereocenters. The summed E-state index contributed by atoms with van der Waals surface area (Å²) in [6, 6.07) is 0. The Hall–Kier alpha value is -0.650. The van der Waals surface area contributed by atoms with Crippen LogP contribution >= 0.6 is 0 Å². The molecule has 0 aromatic heterocycles. The van der Waals surface area contributed by atoms with Gasteiger partial charge in [0.15, 0.2) is 0 Å². The van der Waals surface area contributed by atoms with Crippen LogP contribution in [0.3, 0.4) is 0 Å². The molecular weight excluding hydrogens is 302 g/mol. The first kappa shape index (κ1) is 19.7. The molecule has 2 aliphatic rings. The Morgan fingerprint density at radius 1 is 1.04 bits per heavy atom. The number of carbonyl (C=O) groups is 1. The summed E-state index contributed by atoms with van der Waals surface area (Å²) in [4.78, 5) is 19.5. The van der Waals surface area contributed by atoms with Crippen molar-refractivity contribution in [1.29, 1.82) is 0 Å². The lowest BCUT2D eigenvalue weighted by Crippen LogP contribution is -2.36. The molecule has 5 nitrogen and oxygen atoms in total. The number of nitrogens with zero attached hydrogens (tertiary/aromatic N) is 3. The van der Waals surface area contributed by atoms with E-state index in [-0.39, 0.29) is 29.3 Å². The zero-order valence-electron chi connectivity index (χ0n) is 16.7. The summed E-state index contributed by atoms with van der Waals surface area (Å²) in [6.45, 7) is 13.4. The van der Waals surface area contributed by atoms with E-state index in [1.807, 2.05) is 4.90 Å². The number of rotatable bonds is 7. The lowest BCUT2D eigenvalue weighted by molar-refractivity contribution is -0.133. The highest BCUT2D eigenvalue weighted by atomic mass is 16.3. The molecule has 1 amide bonds. The summed E-state index contributed by atoms with van der Waals surface area (Å²) >= 11 is 0. The summed E-state index contributed by atoms with van der Waals surface area (Å²) in [5, 5.41) is 9.76. The van der Waals surface area contributed by atoms with E-state index in [0.29, 0.717) is 18.4 Å². The largest absolute Gasteiger partial charge is 0.396 e. The fourth-order valence-corrected chi connectivity index (χ4v) is 4.39. The Balaban J connectivity index is 1.93. The van der Waals surface area contributed by atoms with Gasteiger partial charge in [0, 0.05) is 51.2 Å². The number of hydrogen-bond donors (Lipinski definition) is 1. The van der Waals surface area contributed by atoms with E-state index in [2.05, 4.69) is 58.6 Å². The molecule has 140 valence electrons. The second-order valence-electron chi connectivity index (χ2n) is 9.39. The third-order valence-electron chi connectivity index (χ3n) is 6.87. The third kappa shape index (κ3) is 3.63. The molecule has 2 fully saturated rings. The van der Waals surface area contributed by atoms with Gasteiger partial charge in [0.2, 0.25) is 5.91 Å². The molecule has 1 aliphatic heterocycles. The van der Waals surface area contributed by atoms with Crippen LogP contribution in [-0.4, -0.2) is 86.2 Å². The van der Waals surface area contributed by atoms with Gasteiger partial charge in [-0.15, -0.1) is 0 Å². The summed E-state index contributed by atoms with van der Waals surface area (Å²) in [6.07, 6.45) is 0. The van der Waals surface area contributed by atoms with Gasteiger partial charge in [0.1, 0.15) is 0 Å². The molecule has 0 bridgehead atoms. The van der Waals surface area contributed by atoms with Gasteiger partial charge in [0.25, 0.3) is 0 Å². The van der Waals surface area contributed by atoms with Crippen LogP contribution in [0.5, 0.6) is 0 Å². The molecule has 2 rings (SSSR count). The third-order valence-corrected chi connectivity index (χ3v) is 6.87. The van der Waals surface area contributed by atoms with E-state index in [0.717, 1.165) is 26.2 Å². The van der Waals surface area contributed by atoms with Crippen LogP contribution in [0.2, 0.25) is 0 Å². The molecule has 1 saturated heterocycles. The van der Waals surface area contributed by atoms with Gasteiger partial charge in [-0.25, -0.2) is 0 Å². The average molecular weight is 340 g/mol. The topological polar surface area (TPSA) is 47.0 Å². The molecule has 1 aliphatic carbocycles. The average Bonchev–Trinajstić information content (AvgIpc) is 2.76. The second-order valence-corrected chi connectivity index (χ2v) is 9.39. The number of aliphatic hydroxyl groups excluding tert-OH is 1. The fraction of sp³-hybridized carbons (Fsp3) is 0.947. The standard InChI is InChI=1S/C19H37N3O2/c1-18(2)16(19(18,3)4)17(24)22-11-14(15(12-22)13-23)10-21(7)9-8-20(5)6/h14-16,23H,8-13H2,1-7H3/t14-,15-/m1/s1. The minimum atomic E-state index is 0.0827. The SMILES string of the molecule is CN(C)CCN(C)C[C@@H]1CN(C(=O)C2C(C)(C)C2(C)C)C[C@@H]1CO. The van der Waals surface area contributed by atoms with Crippen LogP contribution in [0.25, 0.3) is 0 Å². The molecule has 5 heteroatoms. The molecular formula is C19H37N3O2. The number of hydrogen-bond acceptors (Lipinski definition) is 4. The van der Waals surface area contributed by atoms with Crippen molar-refractivity contribution in [3.8, 4) is 0 Å². The van der Waals surface area contributed by atoms with Gasteiger partial charge in [-0.2, -0.15) is 0 Å². The van der Waals surface area contributed by atoms with E-state index in [4.69, 9.17) is 0 Å². The first-order valence-electron chi connectivity index (χ1n) is 9.25. The zero-order valence-corrected chi connectivity index (χ0v) is 16.7. The highest BCUT2D eigenvalue weighted by Gasteiger charge is 2.69. The van der Waals surface area contributed by atoms with Crippen molar-refractivity contribution in [3.63, 3.8) is 0 Å². The van der Waals surface area contributed by atoms with E-state index in [1.165, 1.54) is 0 Å². The van der Waals surface area contributed by atoms with Crippen LogP contribution in [0.1, 0.15) is 27.7 Å². The van der Waals surface area contributed by atoms with Gasteiger partial charge in [-0.1, -0.05) is 27.7 Å². The van der Waals surface area contributed by atoms with E-state index in [9.17, 15) is 9.90 Å². The van der Waals surface area contributed by atoms with Gasteiger partial charge < -0.3 is 19.8 Å². The smallest absolute Gasteiger partial charge is 0.226 e. The predicted molar refractivity (Wildman–Crippen MR) is 97.7 cm³/mol. The van der Waals surface area contributed by atoms with Gasteiger partial charge >= 0.3 is 0 Å². The van der Waals surface area contributed by atoms with Crippen LogP contribution in [-0.2, 0) is 4.79 Å². The fourth-order valence-electron chi connectivity index (χ4n) is 4.39. The Bertz CT molecular complexity index is 448. The number of amides is 1. The maximum atomic E-state index is 13.0. The van der Waals surface area contributed by atoms with Gasteiger partial charge in [-0.05, 0) is 37.9 Å². The number of likely N-dealkylation sites (tertiary alicyclic amines) is 1. The second kappa shape index (κ2) is 6.93. The molecule has 0 radical (unpaired) electrons. The van der Waals surface area contributed by atoms with Crippen molar-refractivity contribution in [2.75, 3.05) is 60.5 Å². The lowest BCUT2D eigenvalue weighted by Gasteiger charge is -2.25. The van der Waals surface area contributed by atoms with Crippen LogP contribution in [0.15, 0.2) is 0 Å². The Morgan fingerprint density at radius 2 is 1.58 bits per heavy atom. The molecule has 24 heavy (non-hydrogen) atoms. The van der Waals surface area contributed by atoms with Crippen LogP contribution in [0.4, 0.5) is 0 Å². The quantitative estimate of drug-likeness (QED) is 0.758. The highest BCUT2D eigenvalue weighted by molar-refractivity contribution is 5.84. The monoisotopic (exact) mass is 339 g/mol. The van der Waals surface area contributed by atoms with Crippen molar-refractivity contribution < 1.29 is 9.90 Å². The first-order valence-corrected chi connectivity index (χ1v) is 9.25. The first-order chi connectivity index (χ1) is 11.0. The highest BCUT2D eigenvalue weighted by Crippen LogP contribution is 2.68. The van der Waals surface area contributed by atoms with Crippen molar-refractivity contribution in [2.45, 2.75) is 27.7 Å². The molecule has 0 aromatic rings. The molecule has 1 heterocycles. The van der Waals surface area contributed by atoms with E-state index >= 15 is 0 Å². The Morgan fingerprint density at radius 3 is 2.04 bits per heavy atom. The molecule has 0 aromatic carbocycles. The summed E-state index contributed by atoms with van der Waals surface area (Å²) in [5.41, 5.74) is 0.165. The van der Waals surface area contributed by atoms with Crippen molar-refractivity contribution in [1.82, 2.24) is 14.7 Å². The minimum Gasteiger partial charge on any atom is -0.396 e. The van der Waals surface area contributed by atoms with E-state index in [1.54, 1.807) is 0 Å². The minimum absolute atomic E-state index is 0.0827. The molecule has 0 unspecified atom stereocenters.